The van der Waals surface area contributed by atoms with Crippen LogP contribution in [0.25, 0.3) is 0 Å². The summed E-state index contributed by atoms with van der Waals surface area (Å²) in [5.74, 6) is 0.0298. The highest BCUT2D eigenvalue weighted by atomic mass is 16.5. The van der Waals surface area contributed by atoms with Gasteiger partial charge in [-0.1, -0.05) is 12.1 Å². The van der Waals surface area contributed by atoms with Crippen LogP contribution in [0.15, 0.2) is 53.1 Å². The summed E-state index contributed by atoms with van der Waals surface area (Å²) < 4.78 is 17.3. The van der Waals surface area contributed by atoms with Crippen LogP contribution in [0.5, 0.6) is 5.75 Å². The minimum absolute atomic E-state index is 0.0813. The van der Waals surface area contributed by atoms with E-state index in [1.807, 2.05) is 44.2 Å². The molecule has 1 aromatic carbocycles. The fraction of sp³-hybridized carbons (Fsp3) is 0.273. The van der Waals surface area contributed by atoms with Gasteiger partial charge in [0.2, 0.25) is 11.5 Å². The Labute approximate surface area is 163 Å². The maximum atomic E-state index is 12.5. The van der Waals surface area contributed by atoms with E-state index in [-0.39, 0.29) is 18.2 Å². The van der Waals surface area contributed by atoms with Gasteiger partial charge in [-0.15, -0.1) is 0 Å². The third-order valence-electron chi connectivity index (χ3n) is 4.71. The average molecular weight is 381 g/mol. The van der Waals surface area contributed by atoms with E-state index in [0.29, 0.717) is 5.56 Å². The first-order chi connectivity index (χ1) is 13.5. The van der Waals surface area contributed by atoms with Gasteiger partial charge in [0.1, 0.15) is 5.75 Å². The molecule has 146 valence electrons. The second kappa shape index (κ2) is 8.61. The highest BCUT2D eigenvalue weighted by Gasteiger charge is 2.18. The van der Waals surface area contributed by atoms with E-state index in [1.165, 1.54) is 17.9 Å². The highest BCUT2D eigenvalue weighted by molar-refractivity contribution is 6.00. The number of methoxy groups -OCH3 is 1. The maximum absolute atomic E-state index is 12.5. The Kier molecular flexibility index (Phi) is 5.99. The van der Waals surface area contributed by atoms with Crippen molar-refractivity contribution in [3.05, 3.63) is 77.0 Å². The first-order valence-electron chi connectivity index (χ1n) is 9.03. The largest absolute Gasteiger partial charge is 0.497 e. The van der Waals surface area contributed by atoms with E-state index in [0.717, 1.165) is 30.1 Å². The Morgan fingerprint density at radius 1 is 1.11 bits per heavy atom. The second-order valence-electron chi connectivity index (χ2n) is 6.51. The number of rotatable bonds is 8. The number of esters is 1. The third kappa shape index (κ3) is 4.34. The summed E-state index contributed by atoms with van der Waals surface area (Å²) in [6, 6.07) is 12.9. The summed E-state index contributed by atoms with van der Waals surface area (Å²) in [5, 5.41) is 0. The SMILES string of the molecule is COc1ccc(CCn2c(C)cc(C(=O)COC(=O)c3ccco3)c2C)cc1. The molecule has 0 saturated carbocycles. The number of ketones is 1. The van der Waals surface area contributed by atoms with Crippen LogP contribution in [-0.4, -0.2) is 30.0 Å². The number of aromatic nitrogens is 1. The molecule has 0 unspecified atom stereocenters. The Hall–Kier alpha value is -3.28. The van der Waals surface area contributed by atoms with Gasteiger partial charge >= 0.3 is 5.97 Å². The van der Waals surface area contributed by atoms with Crippen molar-refractivity contribution in [3.8, 4) is 5.75 Å². The first-order valence-corrected chi connectivity index (χ1v) is 9.03. The van der Waals surface area contributed by atoms with Gasteiger partial charge in [-0.05, 0) is 56.2 Å². The number of nitrogens with zero attached hydrogens (tertiary/aromatic N) is 1. The van der Waals surface area contributed by atoms with E-state index in [2.05, 4.69) is 4.57 Å². The third-order valence-corrected chi connectivity index (χ3v) is 4.71. The Morgan fingerprint density at radius 2 is 1.86 bits per heavy atom. The lowest BCUT2D eigenvalue weighted by atomic mass is 10.1. The number of aryl methyl sites for hydroxylation is 2. The molecule has 3 aromatic rings. The molecule has 28 heavy (non-hydrogen) atoms. The summed E-state index contributed by atoms with van der Waals surface area (Å²) in [6.45, 7) is 4.31. The van der Waals surface area contributed by atoms with Crippen molar-refractivity contribution in [2.24, 2.45) is 0 Å². The summed E-state index contributed by atoms with van der Waals surface area (Å²) >= 11 is 0. The molecule has 6 heteroatoms. The molecule has 0 aliphatic heterocycles. The van der Waals surface area contributed by atoms with Crippen LogP contribution in [0.3, 0.4) is 0 Å². The molecular formula is C22H23NO5. The average Bonchev–Trinajstić information content (AvgIpc) is 3.34. The summed E-state index contributed by atoms with van der Waals surface area (Å²) in [7, 11) is 1.64. The van der Waals surface area contributed by atoms with Crippen LogP contribution in [0.1, 0.15) is 37.9 Å². The van der Waals surface area contributed by atoms with Crippen LogP contribution >= 0.6 is 0 Å². The van der Waals surface area contributed by atoms with Crippen LogP contribution < -0.4 is 4.74 Å². The van der Waals surface area contributed by atoms with Gasteiger partial charge in [0, 0.05) is 23.5 Å². The van der Waals surface area contributed by atoms with E-state index in [1.54, 1.807) is 13.2 Å². The van der Waals surface area contributed by atoms with E-state index < -0.39 is 5.97 Å². The van der Waals surface area contributed by atoms with Crippen molar-refractivity contribution >= 4 is 11.8 Å². The number of carbonyl (C=O) groups is 2. The van der Waals surface area contributed by atoms with Crippen LogP contribution in [-0.2, 0) is 17.7 Å². The molecule has 3 rings (SSSR count). The van der Waals surface area contributed by atoms with Crippen LogP contribution in [0.2, 0.25) is 0 Å². The van der Waals surface area contributed by atoms with Gasteiger partial charge in [-0.2, -0.15) is 0 Å². The predicted octanol–water partition coefficient (Wildman–Crippen LogP) is 3.99. The van der Waals surface area contributed by atoms with Crippen molar-refractivity contribution in [1.29, 1.82) is 0 Å². The number of carbonyl (C=O) groups excluding carboxylic acids is 2. The molecule has 0 aliphatic rings. The van der Waals surface area contributed by atoms with E-state index in [9.17, 15) is 9.59 Å². The number of hydrogen-bond donors (Lipinski definition) is 0. The maximum Gasteiger partial charge on any atom is 0.374 e. The van der Waals surface area contributed by atoms with Crippen molar-refractivity contribution in [3.63, 3.8) is 0 Å². The number of benzene rings is 1. The summed E-state index contributed by atoms with van der Waals surface area (Å²) in [4.78, 5) is 24.3. The molecule has 0 aliphatic carbocycles. The molecule has 0 N–H and O–H groups in total. The zero-order valence-electron chi connectivity index (χ0n) is 16.2. The van der Waals surface area contributed by atoms with Crippen LogP contribution in [0, 0.1) is 13.8 Å². The lowest BCUT2D eigenvalue weighted by molar-refractivity contribution is 0.0444. The smallest absolute Gasteiger partial charge is 0.374 e. The molecule has 0 bridgehead atoms. The second-order valence-corrected chi connectivity index (χ2v) is 6.51. The molecule has 0 radical (unpaired) electrons. The Morgan fingerprint density at radius 3 is 2.50 bits per heavy atom. The zero-order chi connectivity index (χ0) is 20.1. The van der Waals surface area contributed by atoms with Crippen molar-refractivity contribution in [2.45, 2.75) is 26.8 Å². The number of ether oxygens (including phenoxy) is 2. The standard InChI is InChI=1S/C22H23NO5/c1-15-13-19(20(24)14-28-22(25)21-5-4-12-27-21)16(2)23(15)11-10-17-6-8-18(26-3)9-7-17/h4-9,12-13H,10-11,14H2,1-3H3. The number of hydrogen-bond acceptors (Lipinski definition) is 5. The summed E-state index contributed by atoms with van der Waals surface area (Å²) in [5.41, 5.74) is 3.62. The molecule has 2 aromatic heterocycles. The zero-order valence-corrected chi connectivity index (χ0v) is 16.2. The minimum Gasteiger partial charge on any atom is -0.497 e. The quantitative estimate of drug-likeness (QED) is 0.436. The van der Waals surface area contributed by atoms with Crippen molar-refractivity contribution in [2.75, 3.05) is 13.7 Å². The Balaban J connectivity index is 1.63. The normalized spacial score (nSPS) is 10.7. The summed E-state index contributed by atoms with van der Waals surface area (Å²) in [6.07, 6.45) is 2.22. The van der Waals surface area contributed by atoms with E-state index >= 15 is 0 Å². The fourth-order valence-corrected chi connectivity index (χ4v) is 3.14. The number of Topliss-reactive ketones (excluding diaryl/α,β-unsaturated/α-hetero) is 1. The number of furan rings is 1. The molecule has 0 atom stereocenters. The Bertz CT molecular complexity index is 952. The van der Waals surface area contributed by atoms with Gasteiger partial charge < -0.3 is 18.5 Å². The van der Waals surface area contributed by atoms with Gasteiger partial charge in [-0.3, -0.25) is 4.79 Å². The van der Waals surface area contributed by atoms with Gasteiger partial charge in [-0.25, -0.2) is 4.79 Å². The fourth-order valence-electron chi connectivity index (χ4n) is 3.14. The molecule has 6 nitrogen and oxygen atoms in total. The molecule has 2 heterocycles. The van der Waals surface area contributed by atoms with Gasteiger partial charge in [0.05, 0.1) is 13.4 Å². The molecular weight excluding hydrogens is 358 g/mol. The topological polar surface area (TPSA) is 70.7 Å². The highest BCUT2D eigenvalue weighted by Crippen LogP contribution is 2.18. The van der Waals surface area contributed by atoms with Crippen molar-refractivity contribution in [1.82, 2.24) is 4.57 Å². The molecule has 0 saturated heterocycles. The first kappa shape index (κ1) is 19.5. The molecule has 0 spiro atoms. The van der Waals surface area contributed by atoms with Gasteiger partial charge in [0.25, 0.3) is 0 Å². The van der Waals surface area contributed by atoms with E-state index in [4.69, 9.17) is 13.9 Å². The lowest BCUT2D eigenvalue weighted by Gasteiger charge is -2.10. The van der Waals surface area contributed by atoms with Crippen LogP contribution in [0.4, 0.5) is 0 Å². The monoisotopic (exact) mass is 381 g/mol. The van der Waals surface area contributed by atoms with Crippen molar-refractivity contribution < 1.29 is 23.5 Å². The minimum atomic E-state index is -0.647. The molecule has 0 fully saturated rings. The van der Waals surface area contributed by atoms with Gasteiger partial charge in [0.15, 0.2) is 6.61 Å². The predicted molar refractivity (Wildman–Crippen MR) is 104 cm³/mol. The lowest BCUT2D eigenvalue weighted by Crippen LogP contribution is -2.15. The molecule has 0 amide bonds.